The summed E-state index contributed by atoms with van der Waals surface area (Å²) < 4.78 is 7.45. The van der Waals surface area contributed by atoms with Crippen molar-refractivity contribution in [2.45, 2.75) is 52.2 Å². The van der Waals surface area contributed by atoms with Gasteiger partial charge in [0, 0.05) is 37.1 Å². The summed E-state index contributed by atoms with van der Waals surface area (Å²) >= 11 is 6.51. The van der Waals surface area contributed by atoms with Crippen LogP contribution in [0.1, 0.15) is 37.5 Å². The van der Waals surface area contributed by atoms with E-state index in [9.17, 15) is 4.79 Å². The Labute approximate surface area is 159 Å². The fraction of sp³-hybridized carbons (Fsp3) is 0.500. The third-order valence-corrected chi connectivity index (χ3v) is 4.91. The number of hydrogen-bond acceptors (Lipinski definition) is 3. The third kappa shape index (κ3) is 4.58. The molecule has 2 aromatic rings. The van der Waals surface area contributed by atoms with Crippen LogP contribution in [0.15, 0.2) is 30.6 Å². The lowest BCUT2D eigenvalue weighted by Crippen LogP contribution is -2.38. The quantitative estimate of drug-likeness (QED) is 0.810. The molecule has 1 aliphatic rings. The summed E-state index contributed by atoms with van der Waals surface area (Å²) in [4.78, 5) is 14.2. The Hall–Kier alpha value is -2.01. The van der Waals surface area contributed by atoms with Crippen LogP contribution in [0.4, 0.5) is 4.79 Å². The van der Waals surface area contributed by atoms with Crippen molar-refractivity contribution in [2.24, 2.45) is 0 Å². The number of amides is 1. The second-order valence-electron chi connectivity index (χ2n) is 7.65. The summed E-state index contributed by atoms with van der Waals surface area (Å²) in [6, 6.07) is 5.99. The van der Waals surface area contributed by atoms with Gasteiger partial charge in [-0.25, -0.2) is 4.79 Å². The van der Waals surface area contributed by atoms with Crippen molar-refractivity contribution in [3.63, 3.8) is 0 Å². The van der Waals surface area contributed by atoms with Gasteiger partial charge in [-0.2, -0.15) is 5.10 Å². The van der Waals surface area contributed by atoms with Crippen LogP contribution in [-0.4, -0.2) is 39.5 Å². The molecule has 0 spiro atoms. The third-order valence-electron chi connectivity index (χ3n) is 4.56. The molecule has 0 bridgehead atoms. The Kier molecular flexibility index (Phi) is 5.56. The molecule has 5 nitrogen and oxygen atoms in total. The number of rotatable bonds is 3. The molecule has 0 radical (unpaired) electrons. The number of fused-ring (bicyclic) bond motifs is 1. The van der Waals surface area contributed by atoms with Crippen molar-refractivity contribution < 1.29 is 9.53 Å². The van der Waals surface area contributed by atoms with Crippen LogP contribution in [0.25, 0.3) is 0 Å². The highest BCUT2D eigenvalue weighted by atomic mass is 35.5. The summed E-state index contributed by atoms with van der Waals surface area (Å²) in [5, 5.41) is 5.06. The van der Waals surface area contributed by atoms with Crippen molar-refractivity contribution in [2.75, 3.05) is 13.1 Å². The molecule has 1 aromatic heterocycles. The summed E-state index contributed by atoms with van der Waals surface area (Å²) in [5.41, 5.74) is 3.24. The predicted octanol–water partition coefficient (Wildman–Crippen LogP) is 4.11. The second kappa shape index (κ2) is 7.70. The summed E-state index contributed by atoms with van der Waals surface area (Å²) in [7, 11) is 0. The molecule has 0 atom stereocenters. The van der Waals surface area contributed by atoms with Crippen LogP contribution in [0.2, 0.25) is 5.02 Å². The second-order valence-corrected chi connectivity index (χ2v) is 8.06. The van der Waals surface area contributed by atoms with E-state index in [1.165, 1.54) is 16.7 Å². The molecule has 1 amide bonds. The van der Waals surface area contributed by atoms with E-state index in [2.05, 4.69) is 11.2 Å². The van der Waals surface area contributed by atoms with Crippen molar-refractivity contribution in [3.05, 3.63) is 52.3 Å². The highest BCUT2D eigenvalue weighted by Crippen LogP contribution is 2.28. The molecule has 0 N–H and O–H groups in total. The lowest BCUT2D eigenvalue weighted by molar-refractivity contribution is 0.0258. The fourth-order valence-electron chi connectivity index (χ4n) is 3.31. The average molecular weight is 376 g/mol. The van der Waals surface area contributed by atoms with E-state index in [4.69, 9.17) is 16.3 Å². The lowest BCUT2D eigenvalue weighted by Gasteiger charge is -2.26. The lowest BCUT2D eigenvalue weighted by atomic mass is 9.95. The first-order chi connectivity index (χ1) is 12.3. The van der Waals surface area contributed by atoms with Crippen LogP contribution in [0.5, 0.6) is 0 Å². The van der Waals surface area contributed by atoms with Crippen LogP contribution in [-0.2, 0) is 30.5 Å². The monoisotopic (exact) mass is 375 g/mol. The van der Waals surface area contributed by atoms with Gasteiger partial charge in [0.05, 0.1) is 0 Å². The Morgan fingerprint density at radius 2 is 2.04 bits per heavy atom. The molecule has 0 fully saturated rings. The van der Waals surface area contributed by atoms with Crippen LogP contribution in [0.3, 0.4) is 0 Å². The van der Waals surface area contributed by atoms with Gasteiger partial charge in [0.2, 0.25) is 0 Å². The first-order valence-electron chi connectivity index (χ1n) is 9.08. The zero-order valence-corrected chi connectivity index (χ0v) is 16.4. The van der Waals surface area contributed by atoms with Crippen molar-refractivity contribution >= 4 is 17.7 Å². The zero-order chi connectivity index (χ0) is 18.7. The Balaban J connectivity index is 1.75. The van der Waals surface area contributed by atoms with Gasteiger partial charge < -0.3 is 9.64 Å². The van der Waals surface area contributed by atoms with E-state index in [-0.39, 0.29) is 6.09 Å². The van der Waals surface area contributed by atoms with Crippen molar-refractivity contribution in [1.82, 2.24) is 14.7 Å². The minimum atomic E-state index is -0.478. The Morgan fingerprint density at radius 3 is 2.73 bits per heavy atom. The maximum atomic E-state index is 12.4. The number of benzene rings is 1. The normalized spacial score (nSPS) is 14.7. The van der Waals surface area contributed by atoms with Gasteiger partial charge in [0.15, 0.2) is 0 Å². The Bertz CT molecular complexity index is 766. The minimum Gasteiger partial charge on any atom is -0.444 e. The molecule has 0 unspecified atom stereocenters. The number of halogens is 1. The molecule has 1 aliphatic heterocycles. The maximum absolute atomic E-state index is 12.4. The molecule has 2 heterocycles. The molecule has 26 heavy (non-hydrogen) atoms. The van der Waals surface area contributed by atoms with Gasteiger partial charge in [-0.1, -0.05) is 17.7 Å². The number of hydrogen-bond donors (Lipinski definition) is 0. The van der Waals surface area contributed by atoms with Gasteiger partial charge in [0.1, 0.15) is 5.60 Å². The molecule has 0 saturated carbocycles. The number of nitrogens with zero attached hydrogens (tertiary/aromatic N) is 3. The average Bonchev–Trinajstić information content (AvgIpc) is 2.97. The molecule has 1 aromatic carbocycles. The summed E-state index contributed by atoms with van der Waals surface area (Å²) in [6.45, 7) is 7.79. The maximum Gasteiger partial charge on any atom is 0.410 e. The molecule has 6 heteroatoms. The van der Waals surface area contributed by atoms with Gasteiger partial charge in [-0.05, 0) is 68.9 Å². The first kappa shape index (κ1) is 18.8. The summed E-state index contributed by atoms with van der Waals surface area (Å²) in [5.74, 6) is 0. The summed E-state index contributed by atoms with van der Waals surface area (Å²) in [6.07, 6.45) is 5.95. The zero-order valence-electron chi connectivity index (χ0n) is 15.7. The fourth-order valence-corrected chi connectivity index (χ4v) is 3.58. The molecular weight excluding hydrogens is 350 g/mol. The van der Waals surface area contributed by atoms with Crippen molar-refractivity contribution in [1.29, 1.82) is 0 Å². The van der Waals surface area contributed by atoms with E-state index in [1.807, 2.05) is 43.8 Å². The van der Waals surface area contributed by atoms with E-state index in [0.717, 1.165) is 30.8 Å². The predicted molar refractivity (Wildman–Crippen MR) is 103 cm³/mol. The van der Waals surface area contributed by atoms with E-state index in [0.29, 0.717) is 13.1 Å². The molecule has 0 saturated heterocycles. The van der Waals surface area contributed by atoms with Gasteiger partial charge in [-0.3, -0.25) is 4.68 Å². The molecule has 140 valence electrons. The van der Waals surface area contributed by atoms with Gasteiger partial charge in [-0.15, -0.1) is 0 Å². The number of carbonyl (C=O) groups is 1. The molecule has 0 aliphatic carbocycles. The van der Waals surface area contributed by atoms with Gasteiger partial charge >= 0.3 is 6.09 Å². The van der Waals surface area contributed by atoms with E-state index < -0.39 is 5.60 Å². The topological polar surface area (TPSA) is 47.4 Å². The number of ether oxygens (including phenoxy) is 1. The number of aromatic nitrogens is 2. The van der Waals surface area contributed by atoms with Crippen LogP contribution in [0, 0.1) is 0 Å². The SMILES string of the molecule is CC(C)(C)OC(=O)N1CCc2ccc(Cl)c(CCn3cccn3)c2CC1. The smallest absolute Gasteiger partial charge is 0.410 e. The molecular formula is C20H26ClN3O2. The largest absolute Gasteiger partial charge is 0.444 e. The Morgan fingerprint density at radius 1 is 1.27 bits per heavy atom. The highest BCUT2D eigenvalue weighted by Gasteiger charge is 2.25. The molecule has 3 rings (SSSR count). The van der Waals surface area contributed by atoms with E-state index >= 15 is 0 Å². The standard InChI is InChI=1S/C20H26ClN3O2/c1-20(2,3)26-19(25)23-12-7-15-5-6-18(21)17(16(15)8-13-23)9-14-24-11-4-10-22-24/h4-6,10-11H,7-9,12-14H2,1-3H3. The highest BCUT2D eigenvalue weighted by molar-refractivity contribution is 6.31. The van der Waals surface area contributed by atoms with Gasteiger partial charge in [0.25, 0.3) is 0 Å². The minimum absolute atomic E-state index is 0.241. The van der Waals surface area contributed by atoms with Crippen LogP contribution < -0.4 is 0 Å². The first-order valence-corrected chi connectivity index (χ1v) is 9.46. The van der Waals surface area contributed by atoms with E-state index in [1.54, 1.807) is 11.1 Å². The van der Waals surface area contributed by atoms with Crippen molar-refractivity contribution in [3.8, 4) is 0 Å². The number of carbonyl (C=O) groups excluding carboxylic acids is 1. The number of aryl methyl sites for hydroxylation is 1. The van der Waals surface area contributed by atoms with Crippen LogP contribution >= 0.6 is 11.6 Å².